The number of carbonyl (C=O) groups is 1. The van der Waals surface area contributed by atoms with Crippen molar-refractivity contribution in [1.29, 1.82) is 0 Å². The van der Waals surface area contributed by atoms with Crippen LogP contribution in [0.3, 0.4) is 0 Å². The maximum atomic E-state index is 11.2. The zero-order chi connectivity index (χ0) is 16.5. The molecule has 0 aliphatic rings. The smallest absolute Gasteiger partial charge is 0.150 e. The van der Waals surface area contributed by atoms with E-state index in [4.69, 9.17) is 0 Å². The van der Waals surface area contributed by atoms with E-state index >= 15 is 0 Å². The minimum absolute atomic E-state index is 0.740. The van der Waals surface area contributed by atoms with Gasteiger partial charge >= 0.3 is 0 Å². The zero-order valence-electron chi connectivity index (χ0n) is 13.5. The first-order chi connectivity index (χ1) is 11.7. The minimum Gasteiger partial charge on any atom is -0.298 e. The van der Waals surface area contributed by atoms with Crippen LogP contribution in [0.5, 0.6) is 0 Å². The number of rotatable bonds is 3. The zero-order valence-corrected chi connectivity index (χ0v) is 13.5. The summed E-state index contributed by atoms with van der Waals surface area (Å²) in [6, 6.07) is 22.6. The van der Waals surface area contributed by atoms with Crippen molar-refractivity contribution in [2.75, 3.05) is 0 Å². The van der Waals surface area contributed by atoms with E-state index in [1.54, 1.807) is 0 Å². The van der Waals surface area contributed by atoms with E-state index in [0.717, 1.165) is 40.3 Å². The lowest BCUT2D eigenvalue weighted by atomic mass is 9.97. The second kappa shape index (κ2) is 5.89. The Bertz CT molecular complexity index is 1070. The maximum absolute atomic E-state index is 11.2. The fourth-order valence-corrected chi connectivity index (χ4v) is 3.33. The summed E-state index contributed by atoms with van der Waals surface area (Å²) in [6.07, 6.45) is 1.77. The quantitative estimate of drug-likeness (QED) is 0.493. The normalized spacial score (nSPS) is 11.0. The highest BCUT2D eigenvalue weighted by atomic mass is 16.1. The lowest BCUT2D eigenvalue weighted by Crippen LogP contribution is -1.94. The molecule has 0 fully saturated rings. The summed E-state index contributed by atoms with van der Waals surface area (Å²) in [5.41, 5.74) is 5.33. The topological polar surface area (TPSA) is 30.0 Å². The van der Waals surface area contributed by atoms with Gasteiger partial charge in [-0.25, -0.2) is 0 Å². The number of benzene rings is 3. The Kier molecular flexibility index (Phi) is 3.58. The Labute approximate surface area is 140 Å². The molecule has 116 valence electrons. The number of aldehydes is 1. The predicted octanol–water partition coefficient (Wildman–Crippen LogP) is 5.10. The Hall–Kier alpha value is -3.00. The summed E-state index contributed by atoms with van der Waals surface area (Å²) in [5.74, 6) is 0. The molecule has 0 N–H and O–H groups in total. The number of pyridine rings is 1. The Balaban J connectivity index is 1.81. The second-order valence-corrected chi connectivity index (χ2v) is 6.14. The number of fused-ring (bicyclic) bond motifs is 2. The average molecular weight is 311 g/mol. The number of nitrogens with zero attached hydrogens (tertiary/aromatic N) is 1. The highest BCUT2D eigenvalue weighted by Crippen LogP contribution is 2.24. The van der Waals surface area contributed by atoms with E-state index in [-0.39, 0.29) is 0 Å². The van der Waals surface area contributed by atoms with Gasteiger partial charge in [0.15, 0.2) is 6.29 Å². The van der Waals surface area contributed by atoms with Gasteiger partial charge < -0.3 is 0 Å². The summed E-state index contributed by atoms with van der Waals surface area (Å²) >= 11 is 0. The molecule has 0 saturated heterocycles. The molecule has 2 nitrogen and oxygen atoms in total. The molecule has 0 spiro atoms. The first kappa shape index (κ1) is 14.6. The maximum Gasteiger partial charge on any atom is 0.150 e. The van der Waals surface area contributed by atoms with Gasteiger partial charge in [0.05, 0.1) is 5.52 Å². The van der Waals surface area contributed by atoms with E-state index in [9.17, 15) is 4.79 Å². The first-order valence-corrected chi connectivity index (χ1v) is 8.07. The van der Waals surface area contributed by atoms with Gasteiger partial charge in [-0.15, -0.1) is 0 Å². The van der Waals surface area contributed by atoms with Crippen molar-refractivity contribution in [3.63, 3.8) is 0 Å². The highest BCUT2D eigenvalue weighted by Gasteiger charge is 2.06. The van der Waals surface area contributed by atoms with Crippen LogP contribution in [-0.2, 0) is 6.42 Å². The van der Waals surface area contributed by atoms with E-state index < -0.39 is 0 Å². The number of para-hydroxylation sites is 1. The molecule has 1 heterocycles. The summed E-state index contributed by atoms with van der Waals surface area (Å²) < 4.78 is 0. The molecular weight excluding hydrogens is 294 g/mol. The SMILES string of the molecule is Cc1cc(Cc2ccc3c(C=O)cccc3c2)c2ccccc2n1. The molecule has 0 saturated carbocycles. The summed E-state index contributed by atoms with van der Waals surface area (Å²) in [7, 11) is 0. The molecule has 0 amide bonds. The third-order valence-electron chi connectivity index (χ3n) is 4.43. The van der Waals surface area contributed by atoms with Crippen molar-refractivity contribution in [2.24, 2.45) is 0 Å². The van der Waals surface area contributed by atoms with Crippen LogP contribution in [0, 0.1) is 6.92 Å². The van der Waals surface area contributed by atoms with E-state index in [1.165, 1.54) is 16.5 Å². The van der Waals surface area contributed by atoms with Gasteiger partial charge in [-0.3, -0.25) is 9.78 Å². The average Bonchev–Trinajstić information content (AvgIpc) is 2.61. The van der Waals surface area contributed by atoms with Gasteiger partial charge in [-0.2, -0.15) is 0 Å². The van der Waals surface area contributed by atoms with Crippen molar-refractivity contribution >= 4 is 28.0 Å². The molecular formula is C22H17NO. The molecule has 0 atom stereocenters. The molecule has 1 aromatic heterocycles. The molecule has 4 aromatic rings. The standard InChI is InChI=1S/C22H17NO/c1-15-11-19(21-7-2-3-8-22(21)23-15)13-16-9-10-20-17(12-16)5-4-6-18(20)14-24/h2-12,14H,13H2,1H3. The van der Waals surface area contributed by atoms with Crippen LogP contribution < -0.4 is 0 Å². The molecule has 0 unspecified atom stereocenters. The van der Waals surface area contributed by atoms with Crippen LogP contribution in [0.1, 0.15) is 27.2 Å². The van der Waals surface area contributed by atoms with Gasteiger partial charge in [0.2, 0.25) is 0 Å². The van der Waals surface area contributed by atoms with Crippen molar-refractivity contribution in [3.05, 3.63) is 89.1 Å². The van der Waals surface area contributed by atoms with Gasteiger partial charge in [-0.1, -0.05) is 54.6 Å². The Morgan fingerprint density at radius 2 is 1.79 bits per heavy atom. The summed E-state index contributed by atoms with van der Waals surface area (Å²) in [5, 5.41) is 3.31. The van der Waals surface area contributed by atoms with Crippen molar-refractivity contribution in [2.45, 2.75) is 13.3 Å². The van der Waals surface area contributed by atoms with Crippen molar-refractivity contribution in [1.82, 2.24) is 4.98 Å². The number of carbonyl (C=O) groups excluding carboxylic acids is 1. The molecule has 0 aliphatic heterocycles. The predicted molar refractivity (Wildman–Crippen MR) is 98.6 cm³/mol. The van der Waals surface area contributed by atoms with E-state index in [1.807, 2.05) is 31.2 Å². The van der Waals surface area contributed by atoms with Gasteiger partial charge in [0.1, 0.15) is 0 Å². The van der Waals surface area contributed by atoms with Crippen LogP contribution in [0.4, 0.5) is 0 Å². The Morgan fingerprint density at radius 3 is 2.67 bits per heavy atom. The molecule has 24 heavy (non-hydrogen) atoms. The molecule has 2 heteroatoms. The Morgan fingerprint density at radius 1 is 0.917 bits per heavy atom. The van der Waals surface area contributed by atoms with Gasteiger partial charge in [-0.05, 0) is 47.4 Å². The van der Waals surface area contributed by atoms with Crippen molar-refractivity contribution < 1.29 is 4.79 Å². The monoisotopic (exact) mass is 311 g/mol. The fraction of sp³-hybridized carbons (Fsp3) is 0.0909. The third kappa shape index (κ3) is 2.56. The van der Waals surface area contributed by atoms with Crippen LogP contribution in [0.15, 0.2) is 66.7 Å². The van der Waals surface area contributed by atoms with Crippen LogP contribution >= 0.6 is 0 Å². The van der Waals surface area contributed by atoms with E-state index in [2.05, 4.69) is 47.4 Å². The molecule has 0 aliphatic carbocycles. The lowest BCUT2D eigenvalue weighted by Gasteiger charge is -2.09. The van der Waals surface area contributed by atoms with Crippen LogP contribution in [0.2, 0.25) is 0 Å². The number of hydrogen-bond donors (Lipinski definition) is 0. The number of hydrogen-bond acceptors (Lipinski definition) is 2. The largest absolute Gasteiger partial charge is 0.298 e. The fourth-order valence-electron chi connectivity index (χ4n) is 3.33. The molecule has 0 radical (unpaired) electrons. The van der Waals surface area contributed by atoms with E-state index in [0.29, 0.717) is 0 Å². The molecule has 3 aromatic carbocycles. The van der Waals surface area contributed by atoms with Crippen molar-refractivity contribution in [3.8, 4) is 0 Å². The first-order valence-electron chi connectivity index (χ1n) is 8.07. The highest BCUT2D eigenvalue weighted by molar-refractivity contribution is 5.98. The minimum atomic E-state index is 0.740. The summed E-state index contributed by atoms with van der Waals surface area (Å²) in [6.45, 7) is 2.03. The van der Waals surface area contributed by atoms with Crippen LogP contribution in [-0.4, -0.2) is 11.3 Å². The van der Waals surface area contributed by atoms with Gasteiger partial charge in [0.25, 0.3) is 0 Å². The number of aryl methyl sites for hydroxylation is 1. The molecule has 0 bridgehead atoms. The lowest BCUT2D eigenvalue weighted by molar-refractivity contribution is 0.112. The van der Waals surface area contributed by atoms with Gasteiger partial charge in [0, 0.05) is 16.6 Å². The second-order valence-electron chi connectivity index (χ2n) is 6.14. The number of aromatic nitrogens is 1. The third-order valence-corrected chi connectivity index (χ3v) is 4.43. The van der Waals surface area contributed by atoms with Crippen LogP contribution in [0.25, 0.3) is 21.7 Å². The summed E-state index contributed by atoms with van der Waals surface area (Å²) in [4.78, 5) is 15.8. The molecule has 4 rings (SSSR count).